The molecule has 1 amide bonds. The Hall–Kier alpha value is -3.63. The number of ether oxygens (including phenoxy) is 1. The molecule has 146 valence electrons. The van der Waals surface area contributed by atoms with Crippen molar-refractivity contribution in [1.29, 1.82) is 0 Å². The highest BCUT2D eigenvalue weighted by Crippen LogP contribution is 2.18. The fourth-order valence-corrected chi connectivity index (χ4v) is 3.03. The van der Waals surface area contributed by atoms with Crippen LogP contribution in [0.2, 0.25) is 0 Å². The molecule has 29 heavy (non-hydrogen) atoms. The lowest BCUT2D eigenvalue weighted by Gasteiger charge is -2.04. The lowest BCUT2D eigenvalue weighted by molar-refractivity contribution is -0.137. The number of benzene rings is 3. The Labute approximate surface area is 169 Å². The van der Waals surface area contributed by atoms with Crippen LogP contribution in [0.15, 0.2) is 71.6 Å². The first-order valence-electron chi connectivity index (χ1n) is 8.69. The summed E-state index contributed by atoms with van der Waals surface area (Å²) in [5.41, 5.74) is 1.22. The molecule has 6 nitrogen and oxygen atoms in total. The quantitative estimate of drug-likeness (QED) is 0.293. The van der Waals surface area contributed by atoms with E-state index in [4.69, 9.17) is 4.74 Å². The minimum absolute atomic E-state index is 0.0240. The number of carbonyl (C=O) groups is 2. The normalized spacial score (nSPS) is 10.2. The maximum absolute atomic E-state index is 12.2. The van der Waals surface area contributed by atoms with Gasteiger partial charge in [0.2, 0.25) is 0 Å². The van der Waals surface area contributed by atoms with Crippen LogP contribution < -0.4 is 5.32 Å². The predicted octanol–water partition coefficient (Wildman–Crippen LogP) is 2.29. The molecular weight excluding hydrogens is 390 g/mol. The van der Waals surface area contributed by atoms with Crippen molar-refractivity contribution >= 4 is 33.4 Å². The van der Waals surface area contributed by atoms with E-state index in [1.807, 2.05) is 30.3 Å². The summed E-state index contributed by atoms with van der Waals surface area (Å²) in [6, 6.07) is 18.9. The van der Waals surface area contributed by atoms with Crippen molar-refractivity contribution in [3.05, 3.63) is 77.9 Å². The largest absolute Gasteiger partial charge is 0.451 e. The molecule has 3 rings (SSSR count). The Bertz CT molecular complexity index is 1180. The molecule has 7 heteroatoms. The van der Waals surface area contributed by atoms with Gasteiger partial charge in [-0.05, 0) is 40.6 Å². The molecule has 0 fully saturated rings. The first kappa shape index (κ1) is 20.1. The van der Waals surface area contributed by atoms with E-state index in [1.54, 1.807) is 24.3 Å². The van der Waals surface area contributed by atoms with Gasteiger partial charge in [0.05, 0.1) is 11.4 Å². The number of fused-ring (bicyclic) bond motifs is 1. The van der Waals surface area contributed by atoms with Crippen molar-refractivity contribution in [1.82, 2.24) is 5.32 Å². The van der Waals surface area contributed by atoms with E-state index >= 15 is 0 Å². The third-order valence-electron chi connectivity index (χ3n) is 4.04. The topological polar surface area (TPSA) is 89.5 Å². The number of rotatable bonds is 5. The zero-order valence-corrected chi connectivity index (χ0v) is 16.1. The van der Waals surface area contributed by atoms with Gasteiger partial charge < -0.3 is 10.1 Å². The average molecular weight is 407 g/mol. The molecule has 3 aromatic carbocycles. The van der Waals surface area contributed by atoms with Crippen LogP contribution in [0.5, 0.6) is 0 Å². The Morgan fingerprint density at radius 3 is 2.45 bits per heavy atom. The third kappa shape index (κ3) is 5.67. The molecule has 0 aliphatic heterocycles. The van der Waals surface area contributed by atoms with Gasteiger partial charge >= 0.3 is 5.97 Å². The number of hydrogen-bond donors (Lipinski definition) is 2. The van der Waals surface area contributed by atoms with E-state index < -0.39 is 16.7 Å². The van der Waals surface area contributed by atoms with Crippen molar-refractivity contribution in [2.24, 2.45) is 0 Å². The van der Waals surface area contributed by atoms with Gasteiger partial charge in [0.1, 0.15) is 6.61 Å². The van der Waals surface area contributed by atoms with Crippen LogP contribution in [0, 0.1) is 11.8 Å². The standard InChI is InChI=1S/C22H17NO5S/c24-21(28-15-16-5-2-1-3-6-16)7-4-12-23-22(25)18-9-8-17-10-11-20(29(26)27)14-19(17)13-18/h1-3,5-6,8-11,13-14,29H,12,15H2,(H,23,25). The number of carbonyl (C=O) groups excluding carboxylic acids is 2. The lowest BCUT2D eigenvalue weighted by atomic mass is 10.1. The first-order chi connectivity index (χ1) is 14.0. The van der Waals surface area contributed by atoms with Crippen LogP contribution in [0.1, 0.15) is 15.9 Å². The number of hydrogen-bond acceptors (Lipinski definition) is 5. The first-order valence-corrected chi connectivity index (χ1v) is 9.86. The number of amides is 1. The van der Waals surface area contributed by atoms with Gasteiger partial charge in [0, 0.05) is 11.5 Å². The van der Waals surface area contributed by atoms with Gasteiger partial charge in [-0.15, -0.1) is 0 Å². The lowest BCUT2D eigenvalue weighted by Crippen LogP contribution is -2.23. The highest BCUT2D eigenvalue weighted by molar-refractivity contribution is 7.72. The Morgan fingerprint density at radius 2 is 1.69 bits per heavy atom. The smallest absolute Gasteiger partial charge is 0.384 e. The Balaban J connectivity index is 1.55. The second-order valence-corrected chi connectivity index (χ2v) is 7.08. The predicted molar refractivity (Wildman–Crippen MR) is 109 cm³/mol. The second-order valence-electron chi connectivity index (χ2n) is 6.05. The Morgan fingerprint density at radius 1 is 0.931 bits per heavy atom. The summed E-state index contributed by atoms with van der Waals surface area (Å²) >= 11 is 0. The molecule has 0 heterocycles. The van der Waals surface area contributed by atoms with Gasteiger partial charge in [0.25, 0.3) is 5.91 Å². The monoisotopic (exact) mass is 407 g/mol. The number of nitrogens with one attached hydrogen (secondary N) is 1. The van der Waals surface area contributed by atoms with Crippen molar-refractivity contribution < 1.29 is 22.7 Å². The molecule has 0 spiro atoms. The van der Waals surface area contributed by atoms with Gasteiger partial charge in [-0.3, -0.25) is 4.79 Å². The van der Waals surface area contributed by atoms with E-state index in [1.165, 1.54) is 12.1 Å². The molecule has 0 aliphatic carbocycles. The van der Waals surface area contributed by atoms with Gasteiger partial charge in [-0.2, -0.15) is 0 Å². The molecule has 0 bridgehead atoms. The molecular formula is C22H17NO5S. The fraction of sp³-hybridized carbons (Fsp3) is 0.0909. The summed E-state index contributed by atoms with van der Waals surface area (Å²) in [6.45, 7) is 0.110. The van der Waals surface area contributed by atoms with E-state index in [-0.39, 0.29) is 24.0 Å². The van der Waals surface area contributed by atoms with Crippen LogP contribution in [-0.2, 0) is 26.8 Å². The summed E-state index contributed by atoms with van der Waals surface area (Å²) in [4.78, 5) is 24.0. The van der Waals surface area contributed by atoms with Crippen molar-refractivity contribution in [2.45, 2.75) is 11.5 Å². The second kappa shape index (κ2) is 9.53. The average Bonchev–Trinajstić information content (AvgIpc) is 2.75. The van der Waals surface area contributed by atoms with E-state index in [0.29, 0.717) is 10.9 Å². The molecule has 0 saturated heterocycles. The minimum Gasteiger partial charge on any atom is -0.451 e. The highest BCUT2D eigenvalue weighted by atomic mass is 32.2. The maximum Gasteiger partial charge on any atom is 0.384 e. The molecule has 1 N–H and O–H groups in total. The van der Waals surface area contributed by atoms with Crippen LogP contribution >= 0.6 is 0 Å². The summed E-state index contributed by atoms with van der Waals surface area (Å²) in [6.07, 6.45) is 0. The molecule has 3 aromatic rings. The van der Waals surface area contributed by atoms with E-state index in [0.717, 1.165) is 10.9 Å². The molecule has 0 unspecified atom stereocenters. The third-order valence-corrected chi connectivity index (χ3v) is 4.74. The van der Waals surface area contributed by atoms with Crippen molar-refractivity contribution in [3.8, 4) is 11.8 Å². The summed E-state index contributed by atoms with van der Waals surface area (Å²) in [5.74, 6) is 3.81. The minimum atomic E-state index is -2.69. The Kier molecular flexibility index (Phi) is 6.61. The fourth-order valence-electron chi connectivity index (χ4n) is 2.59. The molecule has 0 radical (unpaired) electrons. The zero-order valence-electron chi connectivity index (χ0n) is 15.3. The number of thiol groups is 1. The van der Waals surface area contributed by atoms with Crippen LogP contribution in [0.25, 0.3) is 10.8 Å². The van der Waals surface area contributed by atoms with Gasteiger partial charge in [0.15, 0.2) is 10.7 Å². The van der Waals surface area contributed by atoms with Crippen LogP contribution in [0.3, 0.4) is 0 Å². The van der Waals surface area contributed by atoms with Crippen molar-refractivity contribution in [2.75, 3.05) is 6.54 Å². The molecule has 0 atom stereocenters. The van der Waals surface area contributed by atoms with E-state index in [9.17, 15) is 18.0 Å². The molecule has 0 saturated carbocycles. The van der Waals surface area contributed by atoms with E-state index in [2.05, 4.69) is 17.2 Å². The SMILES string of the molecule is O=C(C#CCNC(=O)c1ccc2ccc([SH](=O)=O)cc2c1)OCc1ccccc1. The van der Waals surface area contributed by atoms with Crippen LogP contribution in [-0.4, -0.2) is 26.8 Å². The maximum atomic E-state index is 12.2. The summed E-state index contributed by atoms with van der Waals surface area (Å²) in [5, 5.41) is 4.06. The molecule has 0 aromatic heterocycles. The van der Waals surface area contributed by atoms with Crippen molar-refractivity contribution in [3.63, 3.8) is 0 Å². The summed E-state index contributed by atoms with van der Waals surface area (Å²) in [7, 11) is -2.69. The zero-order chi connectivity index (χ0) is 20.6. The van der Waals surface area contributed by atoms with Crippen LogP contribution in [0.4, 0.5) is 0 Å². The number of esters is 1. The highest BCUT2D eigenvalue weighted by Gasteiger charge is 2.06. The van der Waals surface area contributed by atoms with Gasteiger partial charge in [-0.25, -0.2) is 13.2 Å². The summed E-state index contributed by atoms with van der Waals surface area (Å²) < 4.78 is 27.3. The van der Waals surface area contributed by atoms with Gasteiger partial charge in [-0.1, -0.05) is 48.4 Å². The molecule has 0 aliphatic rings.